The van der Waals surface area contributed by atoms with Crippen LogP contribution < -0.4 is 10.6 Å². The fourth-order valence-electron chi connectivity index (χ4n) is 3.22. The third-order valence-corrected chi connectivity index (χ3v) is 4.74. The molecule has 132 valence electrons. The molecule has 24 heavy (non-hydrogen) atoms. The van der Waals surface area contributed by atoms with E-state index in [0.717, 1.165) is 31.4 Å². The van der Waals surface area contributed by atoms with Gasteiger partial charge < -0.3 is 10.6 Å². The summed E-state index contributed by atoms with van der Waals surface area (Å²) in [5, 5.41) is 5.99. The van der Waals surface area contributed by atoms with Crippen LogP contribution in [0.2, 0.25) is 0 Å². The molecule has 0 radical (unpaired) electrons. The number of nitrogens with one attached hydrogen (secondary N) is 2. The minimum atomic E-state index is 0.0119. The number of benzene rings is 1. The standard InChI is InChI=1S/C20H30N2O2/c1-13(2)15-9-11-18(12-10-15)22-20(24)17-7-5-16(6-8-17)19(23)21-14(3)4/h9-14,16-17H,5-8H2,1-4H3,(H,21,23)(H,22,24). The SMILES string of the molecule is CC(C)NC(=O)C1CCC(C(=O)Nc2ccc(C(C)C)cc2)CC1. The minimum Gasteiger partial charge on any atom is -0.354 e. The lowest BCUT2D eigenvalue weighted by Gasteiger charge is -2.27. The van der Waals surface area contributed by atoms with Gasteiger partial charge in [-0.15, -0.1) is 0 Å². The summed E-state index contributed by atoms with van der Waals surface area (Å²) in [6.45, 7) is 8.26. The molecule has 4 heteroatoms. The molecule has 0 unspecified atom stereocenters. The van der Waals surface area contributed by atoms with Gasteiger partial charge in [0.2, 0.25) is 11.8 Å². The lowest BCUT2D eigenvalue weighted by atomic mass is 9.81. The number of anilines is 1. The van der Waals surface area contributed by atoms with Crippen LogP contribution >= 0.6 is 0 Å². The normalized spacial score (nSPS) is 20.9. The Labute approximate surface area is 145 Å². The summed E-state index contributed by atoms with van der Waals surface area (Å²) in [5.74, 6) is 0.768. The largest absolute Gasteiger partial charge is 0.354 e. The monoisotopic (exact) mass is 330 g/mol. The van der Waals surface area contributed by atoms with Gasteiger partial charge in [-0.25, -0.2) is 0 Å². The highest BCUT2D eigenvalue weighted by atomic mass is 16.2. The van der Waals surface area contributed by atoms with E-state index < -0.39 is 0 Å². The van der Waals surface area contributed by atoms with Gasteiger partial charge >= 0.3 is 0 Å². The maximum Gasteiger partial charge on any atom is 0.227 e. The Balaban J connectivity index is 1.83. The third kappa shape index (κ3) is 5.08. The molecular formula is C20H30N2O2. The summed E-state index contributed by atoms with van der Waals surface area (Å²) in [7, 11) is 0. The average Bonchev–Trinajstić information content (AvgIpc) is 2.54. The Kier molecular flexibility index (Phi) is 6.41. The lowest BCUT2D eigenvalue weighted by molar-refractivity contribution is -0.128. The van der Waals surface area contributed by atoms with Crippen molar-refractivity contribution in [2.45, 2.75) is 65.3 Å². The second-order valence-corrected chi connectivity index (χ2v) is 7.48. The highest BCUT2D eigenvalue weighted by molar-refractivity contribution is 5.92. The highest BCUT2D eigenvalue weighted by Crippen LogP contribution is 2.30. The van der Waals surface area contributed by atoms with E-state index >= 15 is 0 Å². The molecule has 1 fully saturated rings. The van der Waals surface area contributed by atoms with E-state index in [1.807, 2.05) is 26.0 Å². The van der Waals surface area contributed by atoms with Crippen LogP contribution in [0.15, 0.2) is 24.3 Å². The molecule has 0 heterocycles. The first kappa shape index (κ1) is 18.5. The van der Waals surface area contributed by atoms with Gasteiger partial charge in [0.15, 0.2) is 0 Å². The predicted molar refractivity (Wildman–Crippen MR) is 97.9 cm³/mol. The Morgan fingerprint density at radius 1 is 0.875 bits per heavy atom. The molecule has 1 aromatic rings. The Hall–Kier alpha value is -1.84. The van der Waals surface area contributed by atoms with Crippen molar-refractivity contribution >= 4 is 17.5 Å². The number of rotatable bonds is 5. The van der Waals surface area contributed by atoms with Crippen LogP contribution in [0, 0.1) is 11.8 Å². The van der Waals surface area contributed by atoms with Crippen molar-refractivity contribution in [3.63, 3.8) is 0 Å². The Morgan fingerprint density at radius 3 is 1.83 bits per heavy atom. The second-order valence-electron chi connectivity index (χ2n) is 7.48. The summed E-state index contributed by atoms with van der Waals surface area (Å²) < 4.78 is 0. The van der Waals surface area contributed by atoms with Crippen LogP contribution in [-0.2, 0) is 9.59 Å². The summed E-state index contributed by atoms with van der Waals surface area (Å²) in [6.07, 6.45) is 3.16. The van der Waals surface area contributed by atoms with Crippen LogP contribution in [0.5, 0.6) is 0 Å². The molecule has 0 bridgehead atoms. The molecule has 2 N–H and O–H groups in total. The topological polar surface area (TPSA) is 58.2 Å². The summed E-state index contributed by atoms with van der Waals surface area (Å²) in [6, 6.07) is 8.23. The zero-order valence-electron chi connectivity index (χ0n) is 15.3. The molecule has 0 spiro atoms. The molecule has 2 rings (SSSR count). The quantitative estimate of drug-likeness (QED) is 0.854. The van der Waals surface area contributed by atoms with Gasteiger partial charge in [-0.1, -0.05) is 26.0 Å². The molecule has 1 aliphatic rings. The van der Waals surface area contributed by atoms with Crippen molar-refractivity contribution in [2.24, 2.45) is 11.8 Å². The minimum absolute atomic E-state index is 0.0119. The Morgan fingerprint density at radius 2 is 1.38 bits per heavy atom. The van der Waals surface area contributed by atoms with E-state index in [1.54, 1.807) is 0 Å². The van der Waals surface area contributed by atoms with Crippen molar-refractivity contribution in [3.05, 3.63) is 29.8 Å². The molecule has 0 atom stereocenters. The van der Waals surface area contributed by atoms with Crippen LogP contribution in [0.3, 0.4) is 0 Å². The molecule has 1 saturated carbocycles. The fraction of sp³-hybridized carbons (Fsp3) is 0.600. The van der Waals surface area contributed by atoms with Gasteiger partial charge in [0.1, 0.15) is 0 Å². The molecule has 1 aliphatic carbocycles. The first-order valence-electron chi connectivity index (χ1n) is 9.08. The second kappa shape index (κ2) is 8.32. The van der Waals surface area contributed by atoms with Crippen molar-refractivity contribution in [1.82, 2.24) is 5.32 Å². The molecule has 1 aromatic carbocycles. The predicted octanol–water partition coefficient (Wildman–Crippen LogP) is 4.08. The van der Waals surface area contributed by atoms with Gasteiger partial charge in [0.25, 0.3) is 0 Å². The molecule has 0 saturated heterocycles. The van der Waals surface area contributed by atoms with Crippen LogP contribution in [-0.4, -0.2) is 17.9 Å². The maximum absolute atomic E-state index is 12.4. The van der Waals surface area contributed by atoms with E-state index in [-0.39, 0.29) is 29.7 Å². The van der Waals surface area contributed by atoms with Gasteiger partial charge in [0.05, 0.1) is 0 Å². The third-order valence-electron chi connectivity index (χ3n) is 4.74. The first-order chi connectivity index (χ1) is 11.4. The summed E-state index contributed by atoms with van der Waals surface area (Å²) in [5.41, 5.74) is 2.12. The van der Waals surface area contributed by atoms with Crippen LogP contribution in [0.25, 0.3) is 0 Å². The van der Waals surface area contributed by atoms with E-state index in [2.05, 4.69) is 36.6 Å². The van der Waals surface area contributed by atoms with Crippen molar-refractivity contribution in [1.29, 1.82) is 0 Å². The molecule has 0 aliphatic heterocycles. The van der Waals surface area contributed by atoms with Crippen molar-refractivity contribution in [2.75, 3.05) is 5.32 Å². The van der Waals surface area contributed by atoms with Crippen LogP contribution in [0.1, 0.15) is 64.9 Å². The summed E-state index contributed by atoms with van der Waals surface area (Å²) in [4.78, 5) is 24.5. The van der Waals surface area contributed by atoms with Crippen LogP contribution in [0.4, 0.5) is 5.69 Å². The molecule has 4 nitrogen and oxygen atoms in total. The van der Waals surface area contributed by atoms with E-state index in [0.29, 0.717) is 5.92 Å². The van der Waals surface area contributed by atoms with Gasteiger partial charge in [0, 0.05) is 23.6 Å². The Bertz CT molecular complexity index is 556. The zero-order chi connectivity index (χ0) is 17.7. The maximum atomic E-state index is 12.4. The van der Waals surface area contributed by atoms with E-state index in [4.69, 9.17) is 0 Å². The van der Waals surface area contributed by atoms with E-state index in [1.165, 1.54) is 5.56 Å². The van der Waals surface area contributed by atoms with Crippen molar-refractivity contribution < 1.29 is 9.59 Å². The fourth-order valence-corrected chi connectivity index (χ4v) is 3.22. The molecular weight excluding hydrogens is 300 g/mol. The molecule has 2 amide bonds. The average molecular weight is 330 g/mol. The first-order valence-corrected chi connectivity index (χ1v) is 9.08. The lowest BCUT2D eigenvalue weighted by Crippen LogP contribution is -2.38. The van der Waals surface area contributed by atoms with E-state index in [9.17, 15) is 9.59 Å². The molecule has 0 aromatic heterocycles. The highest BCUT2D eigenvalue weighted by Gasteiger charge is 2.30. The number of carbonyl (C=O) groups excluding carboxylic acids is 2. The number of amides is 2. The van der Waals surface area contributed by atoms with Gasteiger partial charge in [-0.05, 0) is 63.1 Å². The van der Waals surface area contributed by atoms with Crippen molar-refractivity contribution in [3.8, 4) is 0 Å². The zero-order valence-corrected chi connectivity index (χ0v) is 15.3. The van der Waals surface area contributed by atoms with Gasteiger partial charge in [-0.2, -0.15) is 0 Å². The summed E-state index contributed by atoms with van der Waals surface area (Å²) >= 11 is 0. The number of carbonyl (C=O) groups is 2. The van der Waals surface area contributed by atoms with Gasteiger partial charge in [-0.3, -0.25) is 9.59 Å². The number of hydrogen-bond donors (Lipinski definition) is 2. The smallest absolute Gasteiger partial charge is 0.227 e. The number of hydrogen-bond acceptors (Lipinski definition) is 2.